The lowest BCUT2D eigenvalue weighted by molar-refractivity contribution is -0.137. The molecule has 5 fully saturated rings. The van der Waals surface area contributed by atoms with Crippen molar-refractivity contribution in [3.63, 3.8) is 0 Å². The Morgan fingerprint density at radius 2 is 1.79 bits per heavy atom. The van der Waals surface area contributed by atoms with Gasteiger partial charge in [-0.3, -0.25) is 9.69 Å². The summed E-state index contributed by atoms with van der Waals surface area (Å²) < 4.78 is 28.2. The molecule has 0 aromatic heterocycles. The van der Waals surface area contributed by atoms with Crippen LogP contribution in [0.1, 0.15) is 37.2 Å². The van der Waals surface area contributed by atoms with Crippen LogP contribution in [0.25, 0.3) is 0 Å². The van der Waals surface area contributed by atoms with Crippen molar-refractivity contribution < 1.29 is 13.6 Å². The Bertz CT molecular complexity index is 682. The molecule has 6 rings (SSSR count). The van der Waals surface area contributed by atoms with E-state index in [0.29, 0.717) is 18.0 Å². The number of likely N-dealkylation sites (tertiary alicyclic amines) is 1. The van der Waals surface area contributed by atoms with Crippen molar-refractivity contribution in [1.29, 1.82) is 0 Å². The predicted octanol–water partition coefficient (Wildman–Crippen LogP) is 2.76. The van der Waals surface area contributed by atoms with Crippen LogP contribution < -0.4 is 0 Å². The summed E-state index contributed by atoms with van der Waals surface area (Å²) >= 11 is 0. The third-order valence-electron chi connectivity index (χ3n) is 6.58. The number of halogens is 2. The molecule has 3 nitrogen and oxygen atoms in total. The Balaban J connectivity index is 1.55. The van der Waals surface area contributed by atoms with Gasteiger partial charge in [-0.1, -0.05) is 12.1 Å². The lowest BCUT2D eigenvalue weighted by Crippen LogP contribution is -2.60. The molecule has 1 amide bonds. The maximum absolute atomic E-state index is 14.5. The molecule has 0 unspecified atom stereocenters. The van der Waals surface area contributed by atoms with Crippen molar-refractivity contribution >= 4 is 5.91 Å². The molecule has 24 heavy (non-hydrogen) atoms. The minimum atomic E-state index is -0.785. The fourth-order valence-corrected chi connectivity index (χ4v) is 5.32. The second kappa shape index (κ2) is 5.25. The SMILES string of the molecule is O=C(C1CC1)N1C[C@@H](c2cccc(F)c2F)[C@@H]2[C@H]1C1CCN2CC1. The van der Waals surface area contributed by atoms with Crippen molar-refractivity contribution in [1.82, 2.24) is 9.80 Å². The predicted molar refractivity (Wildman–Crippen MR) is 85.4 cm³/mol. The molecular weight excluding hydrogens is 310 g/mol. The Morgan fingerprint density at radius 3 is 2.50 bits per heavy atom. The van der Waals surface area contributed by atoms with Gasteiger partial charge in [-0.15, -0.1) is 0 Å². The number of hydrogen-bond acceptors (Lipinski definition) is 2. The van der Waals surface area contributed by atoms with Crippen molar-refractivity contribution in [2.24, 2.45) is 11.8 Å². The average molecular weight is 332 g/mol. The summed E-state index contributed by atoms with van der Waals surface area (Å²) in [5.74, 6) is -0.687. The first-order chi connectivity index (χ1) is 11.6. The number of carbonyl (C=O) groups excluding carboxylic acids is 1. The number of fused-ring (bicyclic) bond motifs is 2. The van der Waals surface area contributed by atoms with Crippen molar-refractivity contribution in [2.45, 2.75) is 43.7 Å². The number of hydrogen-bond donors (Lipinski definition) is 0. The molecule has 5 heteroatoms. The highest BCUT2D eigenvalue weighted by molar-refractivity contribution is 5.82. The lowest BCUT2D eigenvalue weighted by atomic mass is 9.75. The lowest BCUT2D eigenvalue weighted by Gasteiger charge is -2.51. The molecule has 1 aliphatic carbocycles. The standard InChI is InChI=1S/C19H22F2N2O/c20-15-3-1-2-13(16(15)21)14-10-23(19(24)12-4-5-12)17-11-6-8-22(9-7-11)18(14)17/h1-3,11-12,14,17-18H,4-10H2/t14-,17+,18+/m0/s1. The first-order valence-electron chi connectivity index (χ1n) is 9.13. The number of benzene rings is 1. The van der Waals surface area contributed by atoms with E-state index in [9.17, 15) is 13.6 Å². The van der Waals surface area contributed by atoms with E-state index in [0.717, 1.165) is 38.8 Å². The van der Waals surface area contributed by atoms with Gasteiger partial charge in [0.15, 0.2) is 11.6 Å². The van der Waals surface area contributed by atoms with Crippen molar-refractivity contribution in [2.75, 3.05) is 19.6 Å². The van der Waals surface area contributed by atoms with Gasteiger partial charge in [-0.25, -0.2) is 8.78 Å². The van der Waals surface area contributed by atoms with Gasteiger partial charge in [-0.2, -0.15) is 0 Å². The molecule has 0 radical (unpaired) electrons. The normalized spacial score (nSPS) is 37.6. The van der Waals surface area contributed by atoms with Gasteiger partial charge in [0.25, 0.3) is 0 Å². The topological polar surface area (TPSA) is 23.6 Å². The molecule has 128 valence electrons. The third kappa shape index (κ3) is 2.06. The fourth-order valence-electron chi connectivity index (χ4n) is 5.32. The summed E-state index contributed by atoms with van der Waals surface area (Å²) in [5, 5.41) is 0. The molecule has 5 aliphatic rings. The van der Waals surface area contributed by atoms with Gasteiger partial charge < -0.3 is 4.90 Å². The van der Waals surface area contributed by atoms with Gasteiger partial charge in [0.2, 0.25) is 5.91 Å². The van der Waals surface area contributed by atoms with E-state index in [1.807, 2.05) is 4.90 Å². The molecular formula is C19H22F2N2O. The van der Waals surface area contributed by atoms with Crippen LogP contribution in [-0.4, -0.2) is 47.4 Å². The largest absolute Gasteiger partial charge is 0.337 e. The van der Waals surface area contributed by atoms with Crippen LogP contribution in [0.3, 0.4) is 0 Å². The first-order valence-corrected chi connectivity index (χ1v) is 9.13. The first kappa shape index (κ1) is 14.8. The average Bonchev–Trinajstić information content (AvgIpc) is 3.37. The highest BCUT2D eigenvalue weighted by Crippen LogP contribution is 2.48. The molecule has 1 aromatic rings. The number of rotatable bonds is 2. The summed E-state index contributed by atoms with van der Waals surface area (Å²) in [7, 11) is 0. The van der Waals surface area contributed by atoms with E-state index in [-0.39, 0.29) is 29.8 Å². The maximum Gasteiger partial charge on any atom is 0.226 e. The Labute approximate surface area is 140 Å². The molecule has 1 aromatic carbocycles. The molecule has 3 atom stereocenters. The van der Waals surface area contributed by atoms with E-state index in [1.165, 1.54) is 6.07 Å². The van der Waals surface area contributed by atoms with Crippen molar-refractivity contribution in [3.05, 3.63) is 35.4 Å². The molecule has 4 aliphatic heterocycles. The highest BCUT2D eigenvalue weighted by atomic mass is 19.2. The smallest absolute Gasteiger partial charge is 0.226 e. The van der Waals surface area contributed by atoms with E-state index in [4.69, 9.17) is 0 Å². The number of nitrogens with zero attached hydrogens (tertiary/aromatic N) is 2. The summed E-state index contributed by atoms with van der Waals surface area (Å²) in [6.45, 7) is 2.58. The Morgan fingerprint density at radius 1 is 1.04 bits per heavy atom. The molecule has 2 bridgehead atoms. The van der Waals surface area contributed by atoms with Gasteiger partial charge in [0.1, 0.15) is 0 Å². The highest BCUT2D eigenvalue weighted by Gasteiger charge is 2.56. The minimum Gasteiger partial charge on any atom is -0.337 e. The zero-order valence-corrected chi connectivity index (χ0v) is 13.6. The molecule has 4 saturated heterocycles. The van der Waals surface area contributed by atoms with E-state index in [2.05, 4.69) is 4.90 Å². The second-order valence-electron chi connectivity index (χ2n) is 7.87. The zero-order valence-electron chi connectivity index (χ0n) is 13.6. The van der Waals surface area contributed by atoms with E-state index >= 15 is 0 Å². The monoisotopic (exact) mass is 332 g/mol. The van der Waals surface area contributed by atoms with Crippen LogP contribution in [0.2, 0.25) is 0 Å². The van der Waals surface area contributed by atoms with Gasteiger partial charge in [0, 0.05) is 24.4 Å². The van der Waals surface area contributed by atoms with Gasteiger partial charge >= 0.3 is 0 Å². The van der Waals surface area contributed by atoms with Gasteiger partial charge in [-0.05, 0) is 56.3 Å². The van der Waals surface area contributed by atoms with Crippen LogP contribution in [0, 0.1) is 23.5 Å². The molecule has 0 spiro atoms. The van der Waals surface area contributed by atoms with E-state index in [1.54, 1.807) is 12.1 Å². The minimum absolute atomic E-state index is 0.114. The number of amides is 1. The van der Waals surface area contributed by atoms with E-state index < -0.39 is 11.6 Å². The zero-order chi connectivity index (χ0) is 16.4. The number of piperidine rings is 3. The van der Waals surface area contributed by atoms with Crippen molar-refractivity contribution in [3.8, 4) is 0 Å². The summed E-state index contributed by atoms with van der Waals surface area (Å²) in [6, 6.07) is 4.80. The third-order valence-corrected chi connectivity index (χ3v) is 6.58. The van der Waals surface area contributed by atoms with Crippen LogP contribution in [-0.2, 0) is 4.79 Å². The molecule has 0 N–H and O–H groups in total. The summed E-state index contributed by atoms with van der Waals surface area (Å²) in [5.41, 5.74) is 0.448. The van der Waals surface area contributed by atoms with Crippen LogP contribution >= 0.6 is 0 Å². The maximum atomic E-state index is 14.5. The summed E-state index contributed by atoms with van der Waals surface area (Å²) in [4.78, 5) is 17.3. The molecule has 4 heterocycles. The second-order valence-corrected chi connectivity index (χ2v) is 7.87. The van der Waals surface area contributed by atoms with Crippen LogP contribution in [0.4, 0.5) is 8.78 Å². The van der Waals surface area contributed by atoms with Gasteiger partial charge in [0.05, 0.1) is 6.04 Å². The fraction of sp³-hybridized carbons (Fsp3) is 0.632. The Hall–Kier alpha value is -1.49. The van der Waals surface area contributed by atoms with Crippen LogP contribution in [0.5, 0.6) is 0 Å². The number of carbonyl (C=O) groups is 1. The van der Waals surface area contributed by atoms with Crippen LogP contribution in [0.15, 0.2) is 18.2 Å². The quantitative estimate of drug-likeness (QED) is 0.831. The summed E-state index contributed by atoms with van der Waals surface area (Å²) in [6.07, 6.45) is 4.21. The Kier molecular flexibility index (Phi) is 3.24. The molecule has 1 saturated carbocycles.